The van der Waals surface area contributed by atoms with Gasteiger partial charge in [0.2, 0.25) is 0 Å². The maximum atomic E-state index is 14.2. The van der Waals surface area contributed by atoms with Crippen LogP contribution in [0.2, 0.25) is 0 Å². The summed E-state index contributed by atoms with van der Waals surface area (Å²) in [4.78, 5) is 21.5. The number of nitrogens with zero attached hydrogens (tertiary/aromatic N) is 9. The fourth-order valence-electron chi connectivity index (χ4n) is 12.3. The van der Waals surface area contributed by atoms with Gasteiger partial charge in [-0.25, -0.2) is 4.39 Å². The van der Waals surface area contributed by atoms with Gasteiger partial charge in [-0.05, 0) is 117 Å². The maximum absolute atomic E-state index is 14.2. The second-order valence-electron chi connectivity index (χ2n) is 33.0. The van der Waals surface area contributed by atoms with Crippen LogP contribution >= 0.6 is 0 Å². The standard InChI is InChI=1S/C17H25F3N2.C17H28N2.C16H25FN2.C16H26N2.C15H24N2/c1-16(2,3)14-6-5-13(15(11-14)17(18,19)20)12-22-9-7-21(4)8-10-22;1-5-18-10-12-19(13-11-18)14-15-6-8-16(9-7-15)17(2,3)4;1-16(2,3)14-6-5-13(15(17)11-14)12-19-9-7-18(4)8-10-19;1-16(2,3)15-7-5-14(6-8-15)13-18-11-9-17(4)10-12-18;1-15(2,3)14-6-4-13(5-7-14)12-17-10-8-16-9-11-17/h5-6,11H,7-10,12H2,1-4H3;6-9H,5,10-14H2,1-4H3;5-6,11H,7-10,12H2,1-4H3;5-8H,9-13H2,1-4H3;4-7,16H,8-12H2,1-3H3. The second kappa shape index (κ2) is 36.0. The molecule has 95 heavy (non-hydrogen) atoms. The number of nitrogens with one attached hydrogen (secondary N) is 1. The molecule has 0 unspecified atom stereocenters. The number of piperazine rings is 5. The van der Waals surface area contributed by atoms with Crippen LogP contribution in [0.15, 0.2) is 109 Å². The molecule has 0 spiro atoms. The summed E-state index contributed by atoms with van der Waals surface area (Å²) < 4.78 is 54.4. The highest BCUT2D eigenvalue weighted by atomic mass is 19.4. The molecule has 0 bridgehead atoms. The van der Waals surface area contributed by atoms with Gasteiger partial charge in [0.1, 0.15) is 5.82 Å². The van der Waals surface area contributed by atoms with Gasteiger partial charge in [0.25, 0.3) is 0 Å². The lowest BCUT2D eigenvalue weighted by atomic mass is 9.85. The van der Waals surface area contributed by atoms with E-state index in [2.05, 4.69) is 232 Å². The number of benzene rings is 5. The van der Waals surface area contributed by atoms with Crippen molar-refractivity contribution in [2.75, 3.05) is 159 Å². The van der Waals surface area contributed by atoms with Gasteiger partial charge in [-0.2, -0.15) is 13.2 Å². The molecule has 530 valence electrons. The molecule has 5 aliphatic rings. The van der Waals surface area contributed by atoms with Crippen molar-refractivity contribution in [2.24, 2.45) is 0 Å². The van der Waals surface area contributed by atoms with Gasteiger partial charge in [-0.15, -0.1) is 0 Å². The van der Waals surface area contributed by atoms with Crippen LogP contribution in [0.25, 0.3) is 0 Å². The van der Waals surface area contributed by atoms with Crippen LogP contribution in [-0.4, -0.2) is 203 Å². The van der Waals surface area contributed by atoms with E-state index >= 15 is 0 Å². The van der Waals surface area contributed by atoms with Crippen LogP contribution in [0.4, 0.5) is 17.6 Å². The zero-order chi connectivity index (χ0) is 69.9. The highest BCUT2D eigenvalue weighted by Gasteiger charge is 2.35. The van der Waals surface area contributed by atoms with Crippen molar-refractivity contribution in [3.8, 4) is 0 Å². The average molecular weight is 1320 g/mol. The molecule has 0 aromatic heterocycles. The van der Waals surface area contributed by atoms with Crippen molar-refractivity contribution in [1.29, 1.82) is 0 Å². The van der Waals surface area contributed by atoms with Gasteiger partial charge in [-0.1, -0.05) is 208 Å². The van der Waals surface area contributed by atoms with Gasteiger partial charge >= 0.3 is 6.18 Å². The van der Waals surface area contributed by atoms with E-state index in [4.69, 9.17) is 0 Å². The van der Waals surface area contributed by atoms with Crippen molar-refractivity contribution in [3.05, 3.63) is 176 Å². The molecule has 5 aromatic rings. The fourth-order valence-corrected chi connectivity index (χ4v) is 12.3. The van der Waals surface area contributed by atoms with E-state index in [1.165, 1.54) is 111 Å². The van der Waals surface area contributed by atoms with Gasteiger partial charge < -0.3 is 24.9 Å². The Morgan fingerprint density at radius 3 is 0.884 bits per heavy atom. The molecule has 0 saturated carbocycles. The number of likely N-dealkylation sites (N-methyl/N-ethyl adjacent to an activating group) is 4. The summed E-state index contributed by atoms with van der Waals surface area (Å²) in [6.07, 6.45) is -4.30. The van der Waals surface area contributed by atoms with Crippen LogP contribution in [0.1, 0.15) is 172 Å². The van der Waals surface area contributed by atoms with Crippen molar-refractivity contribution in [3.63, 3.8) is 0 Å². The molecule has 0 amide bonds. The highest BCUT2D eigenvalue weighted by molar-refractivity contribution is 5.38. The Morgan fingerprint density at radius 1 is 0.316 bits per heavy atom. The summed E-state index contributed by atoms with van der Waals surface area (Å²) in [5, 5.41) is 3.39. The molecule has 0 atom stereocenters. The molecule has 5 fully saturated rings. The largest absolute Gasteiger partial charge is 0.416 e. The molecule has 1 N–H and O–H groups in total. The lowest BCUT2D eigenvalue weighted by Gasteiger charge is -2.34. The Hall–Kier alpha value is -4.58. The topological polar surface area (TPSA) is 41.2 Å². The summed E-state index contributed by atoms with van der Waals surface area (Å²) in [7, 11) is 6.38. The minimum absolute atomic E-state index is 0.00715. The SMILES string of the molecule is CC(C)(C)c1ccc(CN2CCNCC2)cc1.CCN1CCN(Cc2ccc(C(C)(C)C)cc2)CC1.CN1CCN(Cc2ccc(C(C)(C)C)cc2)CC1.CN1CCN(Cc2ccc(C(C)(C)C)cc2C(F)(F)F)CC1.CN1CCN(Cc2ccc(C(C)(C)C)cc2F)CC1. The van der Waals surface area contributed by atoms with Crippen LogP contribution in [0.3, 0.4) is 0 Å². The van der Waals surface area contributed by atoms with E-state index in [-0.39, 0.29) is 32.9 Å². The van der Waals surface area contributed by atoms with E-state index in [1.54, 1.807) is 12.1 Å². The minimum Gasteiger partial charge on any atom is -0.314 e. The third-order valence-electron chi connectivity index (χ3n) is 19.6. The third kappa shape index (κ3) is 27.6. The normalized spacial score (nSPS) is 18.7. The Balaban J connectivity index is 0.000000188. The lowest BCUT2D eigenvalue weighted by molar-refractivity contribution is -0.138. The molecule has 10 rings (SSSR count). The predicted octanol–water partition coefficient (Wildman–Crippen LogP) is 14.9. The van der Waals surface area contributed by atoms with Gasteiger partial charge in [-0.3, -0.25) is 24.5 Å². The summed E-state index contributed by atoms with van der Waals surface area (Å²) in [5.74, 6) is -0.0636. The molecular formula is C81H128F4N10. The minimum atomic E-state index is -4.30. The zero-order valence-electron chi connectivity index (χ0n) is 62.8. The first kappa shape index (κ1) is 79.4. The van der Waals surface area contributed by atoms with Crippen molar-refractivity contribution >= 4 is 0 Å². The molecule has 0 radical (unpaired) electrons. The van der Waals surface area contributed by atoms with Crippen molar-refractivity contribution in [2.45, 2.75) is 177 Å². The molecule has 0 aliphatic carbocycles. The van der Waals surface area contributed by atoms with Gasteiger partial charge in [0.05, 0.1) is 5.56 Å². The average Bonchev–Trinajstić information content (AvgIpc) is 0.815. The number of hydrogen-bond acceptors (Lipinski definition) is 10. The number of alkyl halides is 3. The Morgan fingerprint density at radius 2 is 0.579 bits per heavy atom. The second-order valence-corrected chi connectivity index (χ2v) is 33.0. The smallest absolute Gasteiger partial charge is 0.314 e. The Bertz CT molecular complexity index is 2980. The quantitative estimate of drug-likeness (QED) is 0.129. The van der Waals surface area contributed by atoms with E-state index < -0.39 is 11.7 Å². The first-order chi connectivity index (χ1) is 44.4. The van der Waals surface area contributed by atoms with Crippen LogP contribution in [0.5, 0.6) is 0 Å². The van der Waals surface area contributed by atoms with Crippen molar-refractivity contribution < 1.29 is 17.6 Å². The molecule has 5 aromatic carbocycles. The summed E-state index contributed by atoms with van der Waals surface area (Å²) in [6, 6.07) is 38.0. The molecule has 10 nitrogen and oxygen atoms in total. The molecule has 5 heterocycles. The molecule has 5 aliphatic heterocycles. The predicted molar refractivity (Wildman–Crippen MR) is 395 cm³/mol. The molecule has 5 saturated heterocycles. The third-order valence-corrected chi connectivity index (χ3v) is 19.6. The first-order valence-electron chi connectivity index (χ1n) is 35.8. The number of hydrogen-bond donors (Lipinski definition) is 1. The van der Waals surface area contributed by atoms with Gasteiger partial charge in [0.15, 0.2) is 0 Å². The fraction of sp³-hybridized carbons (Fsp3) is 0.630. The molecule has 14 heteroatoms. The summed E-state index contributed by atoms with van der Waals surface area (Å²) in [6.45, 7) is 62.2. The van der Waals surface area contributed by atoms with E-state index in [1.807, 2.05) is 40.0 Å². The van der Waals surface area contributed by atoms with E-state index in [0.29, 0.717) is 12.1 Å². The number of rotatable bonds is 11. The Kier molecular flexibility index (Phi) is 30.1. The molecular weight excluding hydrogens is 1190 g/mol. The van der Waals surface area contributed by atoms with Crippen LogP contribution in [-0.2, 0) is 66.0 Å². The monoisotopic (exact) mass is 1320 g/mol. The van der Waals surface area contributed by atoms with Crippen molar-refractivity contribution in [1.82, 2.24) is 49.4 Å². The Labute approximate surface area is 575 Å². The maximum Gasteiger partial charge on any atom is 0.416 e. The lowest BCUT2D eigenvalue weighted by Crippen LogP contribution is -2.45. The number of halogens is 4. The zero-order valence-corrected chi connectivity index (χ0v) is 62.8. The van der Waals surface area contributed by atoms with Crippen LogP contribution in [0, 0.1) is 5.82 Å². The van der Waals surface area contributed by atoms with E-state index in [9.17, 15) is 17.6 Å². The highest BCUT2D eigenvalue weighted by Crippen LogP contribution is 2.36. The van der Waals surface area contributed by atoms with Crippen LogP contribution < -0.4 is 5.32 Å². The summed E-state index contributed by atoms with van der Waals surface area (Å²) >= 11 is 0. The first-order valence-corrected chi connectivity index (χ1v) is 35.8. The van der Waals surface area contributed by atoms with Gasteiger partial charge in [0, 0.05) is 169 Å². The summed E-state index contributed by atoms with van der Waals surface area (Å²) in [5.41, 5.74) is 11.6. The van der Waals surface area contributed by atoms with E-state index in [0.717, 1.165) is 108 Å².